The zero-order valence-electron chi connectivity index (χ0n) is 14.4. The third kappa shape index (κ3) is 7.94. The monoisotopic (exact) mass is 388 g/mol. The van der Waals surface area contributed by atoms with Crippen LogP contribution in [0.1, 0.15) is 25.3 Å². The molecular weight excluding hydrogens is 363 g/mol. The van der Waals surface area contributed by atoms with Gasteiger partial charge < -0.3 is 21.3 Å². The van der Waals surface area contributed by atoms with Crippen LogP contribution in [0.3, 0.4) is 0 Å². The molecule has 0 aromatic heterocycles. The Bertz CT molecular complexity index is 560. The molecule has 0 aliphatic carbocycles. The first-order valence-electron chi connectivity index (χ1n) is 8.20. The van der Waals surface area contributed by atoms with E-state index in [9.17, 15) is 9.59 Å². The van der Waals surface area contributed by atoms with Crippen LogP contribution < -0.4 is 21.3 Å². The molecule has 1 aromatic rings. The molecule has 1 fully saturated rings. The van der Waals surface area contributed by atoms with Gasteiger partial charge in [-0.2, -0.15) is 0 Å². The molecule has 1 saturated heterocycles. The molecule has 1 aliphatic rings. The second kappa shape index (κ2) is 10.5. The first-order valence-corrected chi connectivity index (χ1v) is 8.58. The van der Waals surface area contributed by atoms with E-state index < -0.39 is 0 Å². The van der Waals surface area contributed by atoms with E-state index in [1.54, 1.807) is 12.1 Å². The predicted molar refractivity (Wildman–Crippen MR) is 102 cm³/mol. The average Bonchev–Trinajstić information content (AvgIpc) is 2.58. The summed E-state index contributed by atoms with van der Waals surface area (Å²) in [6, 6.07) is 6.86. The zero-order chi connectivity index (χ0) is 17.4. The molecule has 4 N–H and O–H groups in total. The lowest BCUT2D eigenvalue weighted by Gasteiger charge is -2.34. The summed E-state index contributed by atoms with van der Waals surface area (Å²) in [5.74, 6) is -0.170. The van der Waals surface area contributed by atoms with Crippen LogP contribution in [-0.2, 0) is 11.3 Å². The molecule has 25 heavy (non-hydrogen) atoms. The van der Waals surface area contributed by atoms with Crippen LogP contribution in [0.4, 0.5) is 4.79 Å². The minimum atomic E-state index is -0.367. The standard InChI is InChI=1S/C17H25ClN4O2.ClH/c1-17(6-8-19-9-7-17)12-22-15(23)11-21-16(24)20-10-13-2-4-14(18)5-3-13;/h2-5,19H,6-12H2,1H3,(H,22,23)(H2,20,21,24);1H. The van der Waals surface area contributed by atoms with E-state index in [0.717, 1.165) is 31.5 Å². The van der Waals surface area contributed by atoms with Gasteiger partial charge in [-0.15, -0.1) is 12.4 Å². The Labute approximate surface area is 159 Å². The quantitative estimate of drug-likeness (QED) is 0.601. The molecular formula is C17H26Cl2N4O2. The Kier molecular flexibility index (Phi) is 9.03. The Balaban J connectivity index is 0.00000312. The first-order chi connectivity index (χ1) is 11.5. The molecule has 0 unspecified atom stereocenters. The number of halogens is 2. The highest BCUT2D eigenvalue weighted by molar-refractivity contribution is 6.30. The third-order valence-corrected chi connectivity index (χ3v) is 4.55. The highest BCUT2D eigenvalue weighted by atomic mass is 35.5. The van der Waals surface area contributed by atoms with Crippen molar-refractivity contribution in [2.45, 2.75) is 26.3 Å². The van der Waals surface area contributed by atoms with Crippen molar-refractivity contribution in [1.82, 2.24) is 21.3 Å². The number of hydrogen-bond donors (Lipinski definition) is 4. The van der Waals surface area contributed by atoms with Gasteiger partial charge in [0, 0.05) is 18.1 Å². The van der Waals surface area contributed by atoms with Crippen molar-refractivity contribution in [3.8, 4) is 0 Å². The molecule has 8 heteroatoms. The molecule has 1 aromatic carbocycles. The van der Waals surface area contributed by atoms with Crippen molar-refractivity contribution in [3.05, 3.63) is 34.9 Å². The van der Waals surface area contributed by atoms with Gasteiger partial charge in [-0.25, -0.2) is 4.79 Å². The molecule has 1 heterocycles. The van der Waals surface area contributed by atoms with Gasteiger partial charge in [0.2, 0.25) is 5.91 Å². The number of carbonyl (C=O) groups excluding carboxylic acids is 2. The number of urea groups is 1. The van der Waals surface area contributed by atoms with E-state index in [1.165, 1.54) is 0 Å². The maximum atomic E-state index is 11.9. The van der Waals surface area contributed by atoms with Crippen LogP contribution in [-0.4, -0.2) is 38.1 Å². The summed E-state index contributed by atoms with van der Waals surface area (Å²) < 4.78 is 0. The van der Waals surface area contributed by atoms with E-state index in [1.807, 2.05) is 12.1 Å². The summed E-state index contributed by atoms with van der Waals surface area (Å²) in [5, 5.41) is 12.1. The van der Waals surface area contributed by atoms with Crippen LogP contribution in [0.5, 0.6) is 0 Å². The smallest absolute Gasteiger partial charge is 0.315 e. The number of benzene rings is 1. The van der Waals surface area contributed by atoms with Gasteiger partial charge in [0.15, 0.2) is 0 Å². The third-order valence-electron chi connectivity index (χ3n) is 4.30. The number of amides is 3. The minimum absolute atomic E-state index is 0. The Morgan fingerprint density at radius 3 is 2.40 bits per heavy atom. The van der Waals surface area contributed by atoms with Crippen molar-refractivity contribution < 1.29 is 9.59 Å². The average molecular weight is 389 g/mol. The fourth-order valence-electron chi connectivity index (χ4n) is 2.59. The highest BCUT2D eigenvalue weighted by Crippen LogP contribution is 2.26. The number of rotatable bonds is 6. The van der Waals surface area contributed by atoms with E-state index in [-0.39, 0.29) is 36.3 Å². The second-order valence-corrected chi connectivity index (χ2v) is 6.94. The Morgan fingerprint density at radius 2 is 1.76 bits per heavy atom. The van der Waals surface area contributed by atoms with Crippen molar-refractivity contribution in [2.24, 2.45) is 5.41 Å². The molecule has 140 valence electrons. The second-order valence-electron chi connectivity index (χ2n) is 6.50. The van der Waals surface area contributed by atoms with Gasteiger partial charge in [-0.05, 0) is 49.0 Å². The number of carbonyl (C=O) groups is 2. The highest BCUT2D eigenvalue weighted by Gasteiger charge is 2.26. The maximum absolute atomic E-state index is 11.9. The van der Waals surface area contributed by atoms with Crippen LogP contribution in [0.25, 0.3) is 0 Å². The van der Waals surface area contributed by atoms with Gasteiger partial charge in [-0.1, -0.05) is 30.7 Å². The maximum Gasteiger partial charge on any atom is 0.315 e. The number of hydrogen-bond acceptors (Lipinski definition) is 3. The lowest BCUT2D eigenvalue weighted by atomic mass is 9.81. The molecule has 2 rings (SSSR count). The van der Waals surface area contributed by atoms with Gasteiger partial charge in [-0.3, -0.25) is 4.79 Å². The van der Waals surface area contributed by atoms with Crippen LogP contribution >= 0.6 is 24.0 Å². The van der Waals surface area contributed by atoms with E-state index in [0.29, 0.717) is 18.1 Å². The molecule has 1 aliphatic heterocycles. The van der Waals surface area contributed by atoms with Gasteiger partial charge in [0.05, 0.1) is 6.54 Å². The summed E-state index contributed by atoms with van der Waals surface area (Å²) >= 11 is 5.81. The lowest BCUT2D eigenvalue weighted by molar-refractivity contribution is -0.120. The van der Waals surface area contributed by atoms with Gasteiger partial charge >= 0.3 is 6.03 Å². The summed E-state index contributed by atoms with van der Waals surface area (Å²) in [7, 11) is 0. The lowest BCUT2D eigenvalue weighted by Crippen LogP contribution is -2.46. The molecule has 6 nitrogen and oxygen atoms in total. The molecule has 0 radical (unpaired) electrons. The van der Waals surface area contributed by atoms with Crippen LogP contribution in [0.15, 0.2) is 24.3 Å². The Hall–Kier alpha value is -1.50. The fourth-order valence-corrected chi connectivity index (χ4v) is 2.72. The summed E-state index contributed by atoms with van der Waals surface area (Å²) in [5.41, 5.74) is 1.08. The molecule has 0 atom stereocenters. The van der Waals surface area contributed by atoms with Crippen molar-refractivity contribution in [3.63, 3.8) is 0 Å². The van der Waals surface area contributed by atoms with E-state index >= 15 is 0 Å². The zero-order valence-corrected chi connectivity index (χ0v) is 15.9. The topological polar surface area (TPSA) is 82.3 Å². The van der Waals surface area contributed by atoms with Gasteiger partial charge in [0.25, 0.3) is 0 Å². The van der Waals surface area contributed by atoms with E-state index in [4.69, 9.17) is 11.6 Å². The van der Waals surface area contributed by atoms with Crippen molar-refractivity contribution in [2.75, 3.05) is 26.2 Å². The fraction of sp³-hybridized carbons (Fsp3) is 0.529. The van der Waals surface area contributed by atoms with E-state index in [2.05, 4.69) is 28.2 Å². The number of piperidine rings is 1. The summed E-state index contributed by atoms with van der Waals surface area (Å²) in [6.45, 7) is 5.15. The number of nitrogens with one attached hydrogen (secondary N) is 4. The first kappa shape index (κ1) is 21.5. The molecule has 3 amide bonds. The predicted octanol–water partition coefficient (Wildman–Crippen LogP) is 2.07. The van der Waals surface area contributed by atoms with Gasteiger partial charge in [0.1, 0.15) is 0 Å². The summed E-state index contributed by atoms with van der Waals surface area (Å²) in [6.07, 6.45) is 2.09. The molecule has 0 spiro atoms. The normalized spacial score (nSPS) is 15.6. The minimum Gasteiger partial charge on any atom is -0.354 e. The van der Waals surface area contributed by atoms with Crippen molar-refractivity contribution in [1.29, 1.82) is 0 Å². The Morgan fingerprint density at radius 1 is 1.12 bits per heavy atom. The summed E-state index contributed by atoms with van der Waals surface area (Å²) in [4.78, 5) is 23.6. The molecule has 0 bridgehead atoms. The van der Waals surface area contributed by atoms with Crippen LogP contribution in [0.2, 0.25) is 5.02 Å². The molecule has 0 saturated carbocycles. The van der Waals surface area contributed by atoms with Crippen LogP contribution in [0, 0.1) is 5.41 Å². The SMILES string of the molecule is CC1(CNC(=O)CNC(=O)NCc2ccc(Cl)cc2)CCNCC1.Cl. The van der Waals surface area contributed by atoms with Crippen molar-refractivity contribution >= 4 is 35.9 Å². The largest absolute Gasteiger partial charge is 0.354 e.